The largest absolute Gasteiger partial charge is 0.474 e. The molecular weight excluding hydrogens is 186 g/mol. The first kappa shape index (κ1) is 11.0. The molecule has 0 saturated heterocycles. The number of rotatable bonds is 2. The second kappa shape index (κ2) is 3.96. The van der Waals surface area contributed by atoms with Crippen molar-refractivity contribution in [3.05, 3.63) is 0 Å². The van der Waals surface area contributed by atoms with Gasteiger partial charge in [0.05, 0.1) is 6.61 Å². The number of aliphatic carboxylic acids is 1. The van der Waals surface area contributed by atoms with Crippen molar-refractivity contribution >= 4 is 11.9 Å². The van der Waals surface area contributed by atoms with Crippen LogP contribution < -0.4 is 5.32 Å². The van der Waals surface area contributed by atoms with Crippen molar-refractivity contribution in [3.8, 4) is 0 Å². The number of carbonyl (C=O) groups excluding carboxylic acids is 1. The lowest BCUT2D eigenvalue weighted by atomic mass is 9.86. The predicted molar refractivity (Wildman–Crippen MR) is 48.6 cm³/mol. The molecule has 1 rings (SSSR count). The van der Waals surface area contributed by atoms with Crippen LogP contribution in [-0.2, 0) is 9.59 Å². The van der Waals surface area contributed by atoms with Crippen LogP contribution in [0.15, 0.2) is 0 Å². The van der Waals surface area contributed by atoms with Crippen LogP contribution in [-0.4, -0.2) is 34.7 Å². The number of carboxylic acids is 1. The van der Waals surface area contributed by atoms with Crippen LogP contribution in [0.5, 0.6) is 0 Å². The van der Waals surface area contributed by atoms with Crippen molar-refractivity contribution in [1.82, 2.24) is 5.32 Å². The van der Waals surface area contributed by atoms with Crippen LogP contribution in [0.2, 0.25) is 0 Å². The molecule has 0 bridgehead atoms. The van der Waals surface area contributed by atoms with Gasteiger partial charge in [-0.15, -0.1) is 0 Å². The van der Waals surface area contributed by atoms with E-state index < -0.39 is 11.9 Å². The van der Waals surface area contributed by atoms with E-state index in [0.717, 1.165) is 19.3 Å². The molecule has 1 fully saturated rings. The zero-order valence-corrected chi connectivity index (χ0v) is 8.12. The van der Waals surface area contributed by atoms with Gasteiger partial charge < -0.3 is 15.5 Å². The zero-order chi connectivity index (χ0) is 10.8. The second-order valence-electron chi connectivity index (χ2n) is 4.04. The monoisotopic (exact) mass is 201 g/mol. The first-order valence-electron chi connectivity index (χ1n) is 4.64. The van der Waals surface area contributed by atoms with Crippen molar-refractivity contribution in [2.24, 2.45) is 5.41 Å². The Morgan fingerprint density at radius 2 is 2.21 bits per heavy atom. The highest BCUT2D eigenvalue weighted by molar-refractivity contribution is 6.31. The number of hydrogen-bond donors (Lipinski definition) is 3. The highest BCUT2D eigenvalue weighted by Crippen LogP contribution is 2.37. The molecule has 0 aliphatic heterocycles. The van der Waals surface area contributed by atoms with Gasteiger partial charge in [0, 0.05) is 11.5 Å². The number of nitrogens with one attached hydrogen (secondary N) is 1. The normalized spacial score (nSPS) is 31.4. The average Bonchev–Trinajstić information content (AvgIpc) is 2.49. The third-order valence-electron chi connectivity index (χ3n) is 2.94. The van der Waals surface area contributed by atoms with Crippen molar-refractivity contribution in [1.29, 1.82) is 0 Å². The average molecular weight is 201 g/mol. The Kier molecular flexibility index (Phi) is 3.10. The van der Waals surface area contributed by atoms with Crippen LogP contribution in [0.4, 0.5) is 0 Å². The number of hydrogen-bond acceptors (Lipinski definition) is 3. The highest BCUT2D eigenvalue weighted by Gasteiger charge is 2.39. The van der Waals surface area contributed by atoms with E-state index in [1.165, 1.54) is 0 Å². The van der Waals surface area contributed by atoms with Crippen molar-refractivity contribution in [2.75, 3.05) is 6.61 Å². The SMILES string of the molecule is CC1(CO)CCCC1NC(=O)C(=O)O. The second-order valence-corrected chi connectivity index (χ2v) is 4.04. The van der Waals surface area contributed by atoms with Gasteiger partial charge in [0.25, 0.3) is 0 Å². The molecule has 5 heteroatoms. The number of carbonyl (C=O) groups is 2. The van der Waals surface area contributed by atoms with Gasteiger partial charge >= 0.3 is 11.9 Å². The van der Waals surface area contributed by atoms with Gasteiger partial charge in [0.2, 0.25) is 0 Å². The van der Waals surface area contributed by atoms with E-state index in [1.807, 2.05) is 6.92 Å². The third kappa shape index (κ3) is 2.04. The molecule has 0 spiro atoms. The van der Waals surface area contributed by atoms with Gasteiger partial charge in [-0.2, -0.15) is 0 Å². The number of aliphatic hydroxyl groups excluding tert-OH is 1. The van der Waals surface area contributed by atoms with Crippen molar-refractivity contribution in [2.45, 2.75) is 32.2 Å². The molecule has 1 aliphatic carbocycles. The predicted octanol–water partition coefficient (Wildman–Crippen LogP) is -0.262. The van der Waals surface area contributed by atoms with Gasteiger partial charge in [0.15, 0.2) is 0 Å². The van der Waals surface area contributed by atoms with E-state index in [4.69, 9.17) is 10.2 Å². The Morgan fingerprint density at radius 1 is 1.57 bits per heavy atom. The molecule has 3 N–H and O–H groups in total. The molecule has 14 heavy (non-hydrogen) atoms. The lowest BCUT2D eigenvalue weighted by Gasteiger charge is -2.29. The lowest BCUT2D eigenvalue weighted by Crippen LogP contribution is -2.47. The Bertz CT molecular complexity index is 253. The Hall–Kier alpha value is -1.10. The van der Waals surface area contributed by atoms with E-state index >= 15 is 0 Å². The molecule has 0 aromatic heterocycles. The molecule has 1 saturated carbocycles. The van der Waals surface area contributed by atoms with Gasteiger partial charge in [-0.3, -0.25) is 4.79 Å². The van der Waals surface area contributed by atoms with Gasteiger partial charge in [-0.25, -0.2) is 4.79 Å². The van der Waals surface area contributed by atoms with Crippen LogP contribution in [0.3, 0.4) is 0 Å². The molecule has 0 aromatic carbocycles. The molecule has 0 radical (unpaired) electrons. The smallest absolute Gasteiger partial charge is 0.394 e. The third-order valence-corrected chi connectivity index (χ3v) is 2.94. The van der Waals surface area contributed by atoms with Gasteiger partial charge in [0.1, 0.15) is 0 Å². The lowest BCUT2D eigenvalue weighted by molar-refractivity contribution is -0.151. The summed E-state index contributed by atoms with van der Waals surface area (Å²) in [5.74, 6) is -2.46. The maximum Gasteiger partial charge on any atom is 0.394 e. The topological polar surface area (TPSA) is 86.6 Å². The summed E-state index contributed by atoms with van der Waals surface area (Å²) in [5.41, 5.74) is -0.370. The fourth-order valence-corrected chi connectivity index (χ4v) is 1.89. The van der Waals surface area contributed by atoms with Gasteiger partial charge in [-0.1, -0.05) is 13.3 Å². The van der Waals surface area contributed by atoms with E-state index in [9.17, 15) is 9.59 Å². The summed E-state index contributed by atoms with van der Waals surface area (Å²) >= 11 is 0. The standard InChI is InChI=1S/C9H15NO4/c1-9(5-11)4-2-3-6(9)10-7(12)8(13)14/h6,11H,2-5H2,1H3,(H,10,12)(H,13,14). The Labute approximate surface area is 82.1 Å². The molecule has 2 atom stereocenters. The minimum Gasteiger partial charge on any atom is -0.474 e. The molecular formula is C9H15NO4. The molecule has 0 heterocycles. The summed E-state index contributed by atoms with van der Waals surface area (Å²) < 4.78 is 0. The van der Waals surface area contributed by atoms with Gasteiger partial charge in [-0.05, 0) is 12.8 Å². The number of carboxylic acid groups (broad SMARTS) is 1. The Morgan fingerprint density at radius 3 is 2.71 bits per heavy atom. The number of amides is 1. The quantitative estimate of drug-likeness (QED) is 0.537. The zero-order valence-electron chi connectivity index (χ0n) is 8.12. The summed E-state index contributed by atoms with van der Waals surface area (Å²) in [5, 5.41) is 20.0. The maximum absolute atomic E-state index is 10.9. The van der Waals surface area contributed by atoms with E-state index in [-0.39, 0.29) is 18.1 Å². The minimum absolute atomic E-state index is 0.0302. The fraction of sp³-hybridized carbons (Fsp3) is 0.778. The minimum atomic E-state index is -1.47. The van der Waals surface area contributed by atoms with Crippen LogP contribution in [0.1, 0.15) is 26.2 Å². The molecule has 1 aliphatic rings. The van der Waals surface area contributed by atoms with Crippen molar-refractivity contribution in [3.63, 3.8) is 0 Å². The molecule has 0 aromatic rings. The first-order chi connectivity index (χ1) is 6.49. The van der Waals surface area contributed by atoms with Crippen LogP contribution >= 0.6 is 0 Å². The number of aliphatic hydroxyl groups is 1. The summed E-state index contributed by atoms with van der Waals surface area (Å²) in [6, 6.07) is -0.226. The summed E-state index contributed by atoms with van der Waals surface area (Å²) in [6.45, 7) is 1.82. The fourth-order valence-electron chi connectivity index (χ4n) is 1.89. The van der Waals surface area contributed by atoms with Crippen LogP contribution in [0, 0.1) is 5.41 Å². The van der Waals surface area contributed by atoms with E-state index in [2.05, 4.69) is 5.32 Å². The van der Waals surface area contributed by atoms with E-state index in [1.54, 1.807) is 0 Å². The first-order valence-corrected chi connectivity index (χ1v) is 4.64. The highest BCUT2D eigenvalue weighted by atomic mass is 16.4. The molecule has 80 valence electrons. The Balaban J connectivity index is 2.60. The molecule has 2 unspecified atom stereocenters. The van der Waals surface area contributed by atoms with Crippen molar-refractivity contribution < 1.29 is 19.8 Å². The molecule has 1 amide bonds. The maximum atomic E-state index is 10.9. The molecule has 5 nitrogen and oxygen atoms in total. The summed E-state index contributed by atoms with van der Waals surface area (Å²) in [4.78, 5) is 21.2. The van der Waals surface area contributed by atoms with Crippen LogP contribution in [0.25, 0.3) is 0 Å². The van der Waals surface area contributed by atoms with E-state index in [0.29, 0.717) is 0 Å². The summed E-state index contributed by atoms with van der Waals surface area (Å²) in [6.07, 6.45) is 2.45. The summed E-state index contributed by atoms with van der Waals surface area (Å²) in [7, 11) is 0.